The van der Waals surface area contributed by atoms with E-state index in [0.717, 1.165) is 0 Å². The summed E-state index contributed by atoms with van der Waals surface area (Å²) in [6.45, 7) is 4.27. The van der Waals surface area contributed by atoms with Crippen LogP contribution in [0.5, 0.6) is 0 Å². The van der Waals surface area contributed by atoms with E-state index in [2.05, 4.69) is 19.2 Å². The summed E-state index contributed by atoms with van der Waals surface area (Å²) in [5, 5.41) is 12.1. The van der Waals surface area contributed by atoms with Gasteiger partial charge in [-0.15, -0.1) is 0 Å². The van der Waals surface area contributed by atoms with Gasteiger partial charge in [0, 0.05) is 19.1 Å². The molecule has 1 atom stereocenters. The fraction of sp³-hybridized carbons (Fsp3) is 0.923. The van der Waals surface area contributed by atoms with Crippen molar-refractivity contribution in [1.29, 1.82) is 0 Å². The van der Waals surface area contributed by atoms with Crippen molar-refractivity contribution in [2.75, 3.05) is 6.61 Å². The molecule has 0 saturated heterocycles. The van der Waals surface area contributed by atoms with E-state index in [4.69, 9.17) is 5.11 Å². The number of hydrogen-bond donors (Lipinski definition) is 2. The first-order valence-electron chi connectivity index (χ1n) is 6.53. The lowest BCUT2D eigenvalue weighted by atomic mass is 9.95. The Morgan fingerprint density at radius 1 is 1.38 bits per heavy atom. The van der Waals surface area contributed by atoms with Crippen molar-refractivity contribution in [2.24, 2.45) is 11.8 Å². The predicted octanol–water partition coefficient (Wildman–Crippen LogP) is 2.09. The quantitative estimate of drug-likeness (QED) is 0.730. The highest BCUT2D eigenvalue weighted by molar-refractivity contribution is 5.76. The summed E-state index contributed by atoms with van der Waals surface area (Å²) in [5.74, 6) is 1.13. The van der Waals surface area contributed by atoms with Crippen molar-refractivity contribution >= 4 is 5.91 Å². The van der Waals surface area contributed by atoms with Gasteiger partial charge >= 0.3 is 0 Å². The molecule has 2 N–H and O–H groups in total. The van der Waals surface area contributed by atoms with Crippen molar-refractivity contribution in [3.8, 4) is 0 Å². The van der Waals surface area contributed by atoms with Gasteiger partial charge in [-0.2, -0.15) is 0 Å². The number of carbonyl (C=O) groups excluding carboxylic acids is 1. The third-order valence-corrected chi connectivity index (χ3v) is 3.35. The summed E-state index contributed by atoms with van der Waals surface area (Å²) in [6.07, 6.45) is 6.24. The van der Waals surface area contributed by atoms with Crippen LogP contribution in [0.25, 0.3) is 0 Å². The van der Waals surface area contributed by atoms with E-state index in [9.17, 15) is 4.79 Å². The number of aliphatic hydroxyl groups excluding tert-OH is 1. The molecule has 0 aliphatic heterocycles. The second-order valence-electron chi connectivity index (χ2n) is 5.33. The van der Waals surface area contributed by atoms with Crippen LogP contribution in [0.1, 0.15) is 52.4 Å². The van der Waals surface area contributed by atoms with Crippen LogP contribution >= 0.6 is 0 Å². The van der Waals surface area contributed by atoms with Crippen LogP contribution in [0.3, 0.4) is 0 Å². The molecule has 1 saturated carbocycles. The normalized spacial score (nSPS) is 19.0. The van der Waals surface area contributed by atoms with Crippen LogP contribution in [-0.4, -0.2) is 23.7 Å². The molecular formula is C13H25NO2. The lowest BCUT2D eigenvalue weighted by Crippen LogP contribution is -2.40. The molecule has 0 radical (unpaired) electrons. The Balaban J connectivity index is 2.40. The van der Waals surface area contributed by atoms with Gasteiger partial charge in [0.15, 0.2) is 0 Å². The number of carbonyl (C=O) groups is 1. The maximum Gasteiger partial charge on any atom is 0.220 e. The maximum absolute atomic E-state index is 11.7. The van der Waals surface area contributed by atoms with Crippen LogP contribution in [-0.2, 0) is 4.79 Å². The van der Waals surface area contributed by atoms with Crippen LogP contribution in [0.4, 0.5) is 0 Å². The molecule has 0 spiro atoms. The molecule has 0 heterocycles. The second kappa shape index (κ2) is 6.89. The van der Waals surface area contributed by atoms with Gasteiger partial charge < -0.3 is 10.4 Å². The fourth-order valence-corrected chi connectivity index (χ4v) is 2.56. The summed E-state index contributed by atoms with van der Waals surface area (Å²) < 4.78 is 0. The van der Waals surface area contributed by atoms with Gasteiger partial charge in [-0.3, -0.25) is 4.79 Å². The summed E-state index contributed by atoms with van der Waals surface area (Å²) in [7, 11) is 0. The smallest absolute Gasteiger partial charge is 0.220 e. The number of amides is 1. The summed E-state index contributed by atoms with van der Waals surface area (Å²) in [4.78, 5) is 11.7. The van der Waals surface area contributed by atoms with Crippen LogP contribution < -0.4 is 5.32 Å². The highest BCUT2D eigenvalue weighted by atomic mass is 16.3. The topological polar surface area (TPSA) is 49.3 Å². The molecule has 0 aromatic carbocycles. The van der Waals surface area contributed by atoms with E-state index >= 15 is 0 Å². The van der Waals surface area contributed by atoms with Crippen molar-refractivity contribution in [1.82, 2.24) is 5.32 Å². The van der Waals surface area contributed by atoms with Gasteiger partial charge in [0.25, 0.3) is 0 Å². The minimum atomic E-state index is 0.139. The van der Waals surface area contributed by atoms with E-state index < -0.39 is 0 Å². The molecule has 1 rings (SSSR count). The molecule has 1 aliphatic carbocycles. The standard InChI is InChI=1S/C13H25NO2/c1-10(2)9-13(16)14-12(7-8-15)11-5-3-4-6-11/h10-12,15H,3-9H2,1-2H3,(H,14,16). The first-order chi connectivity index (χ1) is 7.63. The minimum absolute atomic E-state index is 0.139. The number of hydrogen-bond acceptors (Lipinski definition) is 2. The lowest BCUT2D eigenvalue weighted by Gasteiger charge is -2.24. The van der Waals surface area contributed by atoms with Crippen molar-refractivity contribution in [3.05, 3.63) is 0 Å². The Kier molecular flexibility index (Phi) is 5.81. The zero-order valence-corrected chi connectivity index (χ0v) is 10.5. The third kappa shape index (κ3) is 4.52. The number of rotatable bonds is 6. The van der Waals surface area contributed by atoms with Crippen LogP contribution in [0.15, 0.2) is 0 Å². The van der Waals surface area contributed by atoms with Crippen LogP contribution in [0.2, 0.25) is 0 Å². The average Bonchev–Trinajstić information content (AvgIpc) is 2.68. The Morgan fingerprint density at radius 2 is 2.00 bits per heavy atom. The third-order valence-electron chi connectivity index (χ3n) is 3.35. The first-order valence-corrected chi connectivity index (χ1v) is 6.53. The van der Waals surface area contributed by atoms with Crippen molar-refractivity contribution in [2.45, 2.75) is 58.4 Å². The zero-order chi connectivity index (χ0) is 12.0. The predicted molar refractivity (Wildman–Crippen MR) is 65.0 cm³/mol. The Hall–Kier alpha value is -0.570. The highest BCUT2D eigenvalue weighted by Crippen LogP contribution is 2.29. The molecule has 0 aromatic rings. The van der Waals surface area contributed by atoms with Crippen molar-refractivity contribution in [3.63, 3.8) is 0 Å². The fourth-order valence-electron chi connectivity index (χ4n) is 2.56. The minimum Gasteiger partial charge on any atom is -0.396 e. The lowest BCUT2D eigenvalue weighted by molar-refractivity contribution is -0.123. The molecule has 94 valence electrons. The molecule has 1 amide bonds. The zero-order valence-electron chi connectivity index (χ0n) is 10.5. The van der Waals surface area contributed by atoms with Gasteiger partial charge in [-0.05, 0) is 31.1 Å². The van der Waals surface area contributed by atoms with E-state index in [-0.39, 0.29) is 18.6 Å². The Morgan fingerprint density at radius 3 is 2.50 bits per heavy atom. The molecule has 3 nitrogen and oxygen atoms in total. The number of aliphatic hydroxyl groups is 1. The molecule has 0 bridgehead atoms. The summed E-state index contributed by atoms with van der Waals surface area (Å²) in [6, 6.07) is 0.193. The Bertz CT molecular complexity index is 210. The number of nitrogens with one attached hydrogen (secondary N) is 1. The molecule has 1 aliphatic rings. The van der Waals surface area contributed by atoms with E-state index in [1.165, 1.54) is 25.7 Å². The SMILES string of the molecule is CC(C)CC(=O)NC(CCO)C1CCCC1. The van der Waals surface area contributed by atoms with Gasteiger partial charge in [0.1, 0.15) is 0 Å². The molecule has 3 heteroatoms. The first kappa shape index (κ1) is 13.5. The highest BCUT2D eigenvalue weighted by Gasteiger charge is 2.25. The Labute approximate surface area is 98.6 Å². The summed E-state index contributed by atoms with van der Waals surface area (Å²) >= 11 is 0. The van der Waals surface area contributed by atoms with Gasteiger partial charge in [-0.25, -0.2) is 0 Å². The molecule has 1 fully saturated rings. The molecule has 0 aromatic heterocycles. The van der Waals surface area contributed by atoms with Gasteiger partial charge in [0.05, 0.1) is 0 Å². The summed E-state index contributed by atoms with van der Waals surface area (Å²) in [5.41, 5.74) is 0. The monoisotopic (exact) mass is 227 g/mol. The average molecular weight is 227 g/mol. The largest absolute Gasteiger partial charge is 0.396 e. The maximum atomic E-state index is 11.7. The van der Waals surface area contributed by atoms with Gasteiger partial charge in [0.2, 0.25) is 5.91 Å². The van der Waals surface area contributed by atoms with E-state index in [1.807, 2.05) is 0 Å². The van der Waals surface area contributed by atoms with Crippen molar-refractivity contribution < 1.29 is 9.90 Å². The van der Waals surface area contributed by atoms with Crippen LogP contribution in [0, 0.1) is 11.8 Å². The second-order valence-corrected chi connectivity index (χ2v) is 5.33. The molecule has 16 heavy (non-hydrogen) atoms. The van der Waals surface area contributed by atoms with E-state index in [1.54, 1.807) is 0 Å². The molecular weight excluding hydrogens is 202 g/mol. The molecule has 1 unspecified atom stereocenters. The van der Waals surface area contributed by atoms with E-state index in [0.29, 0.717) is 24.7 Å². The van der Waals surface area contributed by atoms with Gasteiger partial charge in [-0.1, -0.05) is 26.7 Å².